The third kappa shape index (κ3) is 2.35. The predicted molar refractivity (Wildman–Crippen MR) is 83.9 cm³/mol. The lowest BCUT2D eigenvalue weighted by Gasteiger charge is -2.29. The quantitative estimate of drug-likeness (QED) is 0.874. The molecule has 0 saturated heterocycles. The third-order valence-corrected chi connectivity index (χ3v) is 4.75. The van der Waals surface area contributed by atoms with Crippen LogP contribution in [0, 0.1) is 11.3 Å². The Labute approximate surface area is 121 Å². The van der Waals surface area contributed by atoms with Gasteiger partial charge in [-0.1, -0.05) is 25.1 Å². The monoisotopic (exact) mass is 271 g/mol. The van der Waals surface area contributed by atoms with Crippen molar-refractivity contribution in [2.24, 2.45) is 11.3 Å². The molecule has 3 rings (SSSR count). The largest absolute Gasteiger partial charge is 0.319 e. The van der Waals surface area contributed by atoms with Crippen molar-refractivity contribution in [3.05, 3.63) is 30.0 Å². The summed E-state index contributed by atoms with van der Waals surface area (Å²) < 4.78 is 2.14. The number of aryl methyl sites for hydroxylation is 1. The molecule has 1 fully saturated rings. The van der Waals surface area contributed by atoms with Crippen molar-refractivity contribution in [1.29, 1.82) is 0 Å². The maximum atomic E-state index is 4.87. The van der Waals surface area contributed by atoms with E-state index in [2.05, 4.69) is 55.2 Å². The lowest BCUT2D eigenvalue weighted by molar-refractivity contribution is 0.260. The van der Waals surface area contributed by atoms with Crippen LogP contribution in [0.4, 0.5) is 0 Å². The molecule has 1 aliphatic rings. The first-order valence-corrected chi connectivity index (χ1v) is 7.77. The van der Waals surface area contributed by atoms with E-state index in [1.807, 2.05) is 0 Å². The average Bonchev–Trinajstić information content (AvgIpc) is 3.25. The number of para-hydroxylation sites is 1. The second-order valence-corrected chi connectivity index (χ2v) is 6.42. The Morgan fingerprint density at radius 1 is 1.35 bits per heavy atom. The van der Waals surface area contributed by atoms with Crippen LogP contribution in [0.1, 0.15) is 32.4 Å². The highest BCUT2D eigenvalue weighted by Gasteiger charge is 2.41. The highest BCUT2D eigenvalue weighted by molar-refractivity contribution is 5.82. The second kappa shape index (κ2) is 5.21. The van der Waals surface area contributed by atoms with E-state index in [4.69, 9.17) is 5.10 Å². The Morgan fingerprint density at radius 2 is 2.10 bits per heavy atom. The van der Waals surface area contributed by atoms with Gasteiger partial charge in [-0.15, -0.1) is 0 Å². The Bertz CT molecular complexity index is 597. The molecule has 1 aromatic carbocycles. The van der Waals surface area contributed by atoms with Gasteiger partial charge in [-0.3, -0.25) is 4.68 Å². The van der Waals surface area contributed by atoms with E-state index < -0.39 is 0 Å². The number of hydrogen-bond donors (Lipinski definition) is 1. The Morgan fingerprint density at radius 3 is 2.75 bits per heavy atom. The van der Waals surface area contributed by atoms with Crippen LogP contribution in [0.2, 0.25) is 0 Å². The first-order valence-electron chi connectivity index (χ1n) is 7.77. The van der Waals surface area contributed by atoms with Crippen LogP contribution >= 0.6 is 0 Å². The van der Waals surface area contributed by atoms with Gasteiger partial charge < -0.3 is 5.32 Å². The van der Waals surface area contributed by atoms with Crippen LogP contribution in [0.25, 0.3) is 10.9 Å². The number of aromatic nitrogens is 2. The summed E-state index contributed by atoms with van der Waals surface area (Å²) in [4.78, 5) is 0. The summed E-state index contributed by atoms with van der Waals surface area (Å²) in [5.74, 6) is 0.862. The molecule has 1 saturated carbocycles. The molecular formula is C17H25N3. The van der Waals surface area contributed by atoms with E-state index in [0.29, 0.717) is 5.41 Å². The summed E-state index contributed by atoms with van der Waals surface area (Å²) in [7, 11) is 2.06. The molecule has 0 bridgehead atoms. The van der Waals surface area contributed by atoms with Gasteiger partial charge in [0.05, 0.1) is 11.2 Å². The fourth-order valence-corrected chi connectivity index (χ4v) is 3.49. The van der Waals surface area contributed by atoms with Crippen molar-refractivity contribution >= 4 is 10.9 Å². The summed E-state index contributed by atoms with van der Waals surface area (Å²) in [6.07, 6.45) is 3.83. The van der Waals surface area contributed by atoms with Gasteiger partial charge in [0.25, 0.3) is 0 Å². The molecule has 1 aliphatic carbocycles. The zero-order valence-electron chi connectivity index (χ0n) is 12.8. The molecule has 3 heteroatoms. The summed E-state index contributed by atoms with van der Waals surface area (Å²) in [6, 6.07) is 8.63. The molecule has 1 heterocycles. The molecule has 0 spiro atoms. The minimum atomic E-state index is 0.338. The molecule has 2 aromatic rings. The smallest absolute Gasteiger partial charge is 0.0709 e. The molecule has 0 radical (unpaired) electrons. The number of nitrogens with one attached hydrogen (secondary N) is 1. The summed E-state index contributed by atoms with van der Waals surface area (Å²) in [5.41, 5.74) is 2.88. The highest BCUT2D eigenvalue weighted by atomic mass is 15.3. The van der Waals surface area contributed by atoms with Crippen LogP contribution < -0.4 is 5.32 Å². The molecule has 0 amide bonds. The van der Waals surface area contributed by atoms with E-state index in [1.54, 1.807) is 0 Å². The van der Waals surface area contributed by atoms with Gasteiger partial charge in [0.15, 0.2) is 0 Å². The first kappa shape index (κ1) is 13.6. The maximum Gasteiger partial charge on any atom is 0.0709 e. The maximum absolute atomic E-state index is 4.87. The Hall–Kier alpha value is -1.35. The first-order chi connectivity index (χ1) is 9.68. The fourth-order valence-electron chi connectivity index (χ4n) is 3.49. The van der Waals surface area contributed by atoms with E-state index in [9.17, 15) is 0 Å². The minimum absolute atomic E-state index is 0.338. The molecule has 1 atom stereocenters. The van der Waals surface area contributed by atoms with Crippen molar-refractivity contribution in [2.75, 3.05) is 13.6 Å². The van der Waals surface area contributed by atoms with Gasteiger partial charge in [0, 0.05) is 18.5 Å². The fraction of sp³-hybridized carbons (Fsp3) is 0.588. The average molecular weight is 271 g/mol. The molecule has 1 aromatic heterocycles. The van der Waals surface area contributed by atoms with Crippen LogP contribution in [-0.4, -0.2) is 23.4 Å². The SMILES string of the molecule is CCn1nc(CC(C)(CNC)C2CC2)c2ccccc21. The van der Waals surface area contributed by atoms with Crippen LogP contribution in [0.15, 0.2) is 24.3 Å². The van der Waals surface area contributed by atoms with Crippen molar-refractivity contribution in [3.8, 4) is 0 Å². The molecule has 0 aliphatic heterocycles. The highest BCUT2D eigenvalue weighted by Crippen LogP contribution is 2.47. The number of benzene rings is 1. The molecular weight excluding hydrogens is 246 g/mol. The van der Waals surface area contributed by atoms with E-state index in [0.717, 1.165) is 25.4 Å². The molecule has 108 valence electrons. The normalized spacial score (nSPS) is 18.4. The van der Waals surface area contributed by atoms with Crippen molar-refractivity contribution < 1.29 is 0 Å². The molecule has 1 N–H and O–H groups in total. The van der Waals surface area contributed by atoms with E-state index in [1.165, 1.54) is 29.4 Å². The number of hydrogen-bond acceptors (Lipinski definition) is 2. The van der Waals surface area contributed by atoms with Crippen molar-refractivity contribution in [1.82, 2.24) is 15.1 Å². The van der Waals surface area contributed by atoms with E-state index >= 15 is 0 Å². The van der Waals surface area contributed by atoms with Crippen molar-refractivity contribution in [2.45, 2.75) is 39.7 Å². The zero-order chi connectivity index (χ0) is 14.2. The molecule has 3 nitrogen and oxygen atoms in total. The second-order valence-electron chi connectivity index (χ2n) is 6.42. The van der Waals surface area contributed by atoms with Gasteiger partial charge >= 0.3 is 0 Å². The molecule has 20 heavy (non-hydrogen) atoms. The van der Waals surface area contributed by atoms with Crippen LogP contribution in [-0.2, 0) is 13.0 Å². The van der Waals surface area contributed by atoms with Gasteiger partial charge in [-0.25, -0.2) is 0 Å². The van der Waals surface area contributed by atoms with Gasteiger partial charge in [0.2, 0.25) is 0 Å². The number of fused-ring (bicyclic) bond motifs is 1. The summed E-state index contributed by atoms with van der Waals surface area (Å²) >= 11 is 0. The summed E-state index contributed by atoms with van der Waals surface area (Å²) in [5, 5.41) is 9.59. The zero-order valence-corrected chi connectivity index (χ0v) is 12.8. The summed E-state index contributed by atoms with van der Waals surface area (Å²) in [6.45, 7) is 6.59. The van der Waals surface area contributed by atoms with Gasteiger partial charge in [0.1, 0.15) is 0 Å². The standard InChI is InChI=1S/C17H25N3/c1-4-20-16-8-6-5-7-14(16)15(19-20)11-17(2,12-18-3)13-9-10-13/h5-8,13,18H,4,9-12H2,1-3H3. The van der Waals surface area contributed by atoms with Gasteiger partial charge in [-0.2, -0.15) is 5.10 Å². The van der Waals surface area contributed by atoms with Gasteiger partial charge in [-0.05, 0) is 50.6 Å². The topological polar surface area (TPSA) is 29.9 Å². The van der Waals surface area contributed by atoms with Crippen LogP contribution in [0.3, 0.4) is 0 Å². The third-order valence-electron chi connectivity index (χ3n) is 4.75. The minimum Gasteiger partial charge on any atom is -0.319 e. The lowest BCUT2D eigenvalue weighted by Crippen LogP contribution is -2.34. The van der Waals surface area contributed by atoms with E-state index in [-0.39, 0.29) is 0 Å². The number of nitrogens with zero attached hydrogens (tertiary/aromatic N) is 2. The van der Waals surface area contributed by atoms with Crippen molar-refractivity contribution in [3.63, 3.8) is 0 Å². The Balaban J connectivity index is 1.97. The number of rotatable bonds is 6. The lowest BCUT2D eigenvalue weighted by atomic mass is 9.80. The predicted octanol–water partition coefficient (Wildman–Crippen LogP) is 3.23. The van der Waals surface area contributed by atoms with Crippen LogP contribution in [0.5, 0.6) is 0 Å². The molecule has 1 unspecified atom stereocenters. The Kier molecular flexibility index (Phi) is 3.55.